The quantitative estimate of drug-likeness (QED) is 0.202. The van der Waals surface area contributed by atoms with Gasteiger partial charge in [-0.05, 0) is 6.42 Å². The zero-order valence-corrected chi connectivity index (χ0v) is 16.8. The Morgan fingerprint density at radius 1 is 0.862 bits per heavy atom. The molecule has 2 saturated heterocycles. The molecule has 2 aliphatic rings. The molecule has 2 heterocycles. The van der Waals surface area contributed by atoms with Gasteiger partial charge >= 0.3 is 0 Å². The van der Waals surface area contributed by atoms with Gasteiger partial charge in [0, 0.05) is 6.42 Å². The summed E-state index contributed by atoms with van der Waals surface area (Å²) < 4.78 is 16.7. The van der Waals surface area contributed by atoms with Crippen LogP contribution in [0.1, 0.15) is 51.9 Å². The molecule has 0 radical (unpaired) electrons. The van der Waals surface area contributed by atoms with Gasteiger partial charge in [0.05, 0.1) is 13.2 Å². The third-order valence-corrected chi connectivity index (χ3v) is 5.68. The molecule has 10 nitrogen and oxygen atoms in total. The highest BCUT2D eigenvalue weighted by Crippen LogP contribution is 2.38. The van der Waals surface area contributed by atoms with Crippen molar-refractivity contribution in [2.24, 2.45) is 0 Å². The molecule has 2 fully saturated rings. The highest BCUT2D eigenvalue weighted by molar-refractivity contribution is 4.98. The Bertz CT molecular complexity index is 478. The first-order valence-corrected chi connectivity index (χ1v) is 10.4. The highest BCUT2D eigenvalue weighted by atomic mass is 16.8. The van der Waals surface area contributed by atoms with E-state index >= 15 is 0 Å². The largest absolute Gasteiger partial charge is 0.394 e. The summed E-state index contributed by atoms with van der Waals surface area (Å²) in [6.07, 6.45) is -6.27. The molecule has 2 rings (SSSR count). The molecule has 10 heteroatoms. The molecule has 0 saturated carbocycles. The van der Waals surface area contributed by atoms with E-state index in [-0.39, 0.29) is 13.0 Å². The monoisotopic (exact) mass is 424 g/mol. The molecule has 172 valence electrons. The normalized spacial score (nSPS) is 43.4. The van der Waals surface area contributed by atoms with E-state index < -0.39 is 61.4 Å². The van der Waals surface area contributed by atoms with Crippen LogP contribution in [-0.4, -0.2) is 104 Å². The van der Waals surface area contributed by atoms with Gasteiger partial charge < -0.3 is 50.0 Å². The topological polar surface area (TPSA) is 169 Å². The lowest BCUT2D eigenvalue weighted by Gasteiger charge is -2.50. The lowest BCUT2D eigenvalue weighted by molar-refractivity contribution is -0.417. The van der Waals surface area contributed by atoms with Crippen molar-refractivity contribution in [1.82, 2.24) is 0 Å². The van der Waals surface area contributed by atoms with Crippen molar-refractivity contribution in [3.8, 4) is 0 Å². The minimum atomic E-state index is -1.87. The Morgan fingerprint density at radius 2 is 1.52 bits per heavy atom. The summed E-state index contributed by atoms with van der Waals surface area (Å²) in [7, 11) is 0. The summed E-state index contributed by atoms with van der Waals surface area (Å²) in [6, 6.07) is 0. The second kappa shape index (κ2) is 11.3. The van der Waals surface area contributed by atoms with E-state index in [1.165, 1.54) is 0 Å². The van der Waals surface area contributed by atoms with Crippen molar-refractivity contribution in [2.45, 2.75) is 107 Å². The summed E-state index contributed by atoms with van der Waals surface area (Å²) in [4.78, 5) is 0. The van der Waals surface area contributed by atoms with E-state index in [0.717, 1.165) is 32.1 Å². The van der Waals surface area contributed by atoms with Gasteiger partial charge in [-0.2, -0.15) is 0 Å². The molecule has 0 aromatic heterocycles. The van der Waals surface area contributed by atoms with Gasteiger partial charge in [0.1, 0.15) is 42.7 Å². The van der Waals surface area contributed by atoms with Gasteiger partial charge in [-0.1, -0.05) is 39.0 Å². The lowest BCUT2D eigenvalue weighted by Crippen LogP contribution is -2.68. The minimum Gasteiger partial charge on any atom is -0.394 e. The summed E-state index contributed by atoms with van der Waals surface area (Å²) in [6.45, 7) is 1.18. The van der Waals surface area contributed by atoms with Gasteiger partial charge in [-0.3, -0.25) is 0 Å². The fourth-order valence-electron chi connectivity index (χ4n) is 3.80. The van der Waals surface area contributed by atoms with Crippen LogP contribution in [0.25, 0.3) is 0 Å². The van der Waals surface area contributed by atoms with E-state index in [1.807, 2.05) is 0 Å². The van der Waals surface area contributed by atoms with Crippen molar-refractivity contribution in [1.29, 1.82) is 0 Å². The third kappa shape index (κ3) is 5.85. The number of rotatable bonds is 10. The molecule has 0 aromatic carbocycles. The Hall–Kier alpha value is -0.400. The Labute approximate surface area is 170 Å². The molecule has 0 unspecified atom stereocenters. The molecule has 0 amide bonds. The van der Waals surface area contributed by atoms with Crippen LogP contribution in [0, 0.1) is 0 Å². The van der Waals surface area contributed by atoms with E-state index in [9.17, 15) is 35.7 Å². The predicted molar refractivity (Wildman–Crippen MR) is 99.5 cm³/mol. The molecule has 0 spiro atoms. The Kier molecular flexibility index (Phi) is 9.68. The smallest absolute Gasteiger partial charge is 0.200 e. The maximum Gasteiger partial charge on any atom is 0.200 e. The zero-order chi connectivity index (χ0) is 21.6. The van der Waals surface area contributed by atoms with Gasteiger partial charge in [0.15, 0.2) is 6.29 Å². The van der Waals surface area contributed by atoms with Crippen molar-refractivity contribution in [3.63, 3.8) is 0 Å². The van der Waals surface area contributed by atoms with Crippen molar-refractivity contribution >= 4 is 0 Å². The van der Waals surface area contributed by atoms with E-state index in [2.05, 4.69) is 6.92 Å². The van der Waals surface area contributed by atoms with Crippen LogP contribution < -0.4 is 0 Å². The number of ether oxygens (including phenoxy) is 3. The van der Waals surface area contributed by atoms with Crippen LogP contribution in [0.4, 0.5) is 0 Å². The first-order chi connectivity index (χ1) is 13.8. The molecular formula is C19H36O10. The standard InChI is InChI=1S/C19H36O10/c1-2-3-4-5-6-7-8-19(17(26)15(24)14(23)12(9-20)28-19)29-18-16(25)13(22)11(21)10-27-18/h11-18,20-26H,2-10H2,1H3/t11-,12-,13+,14-,15+,16-,17-,18-,19-/m1/s1. The summed E-state index contributed by atoms with van der Waals surface area (Å²) in [5.41, 5.74) is 0. The summed E-state index contributed by atoms with van der Waals surface area (Å²) in [5, 5.41) is 70.2. The van der Waals surface area contributed by atoms with Crippen LogP contribution >= 0.6 is 0 Å². The number of aliphatic hydroxyl groups excluding tert-OH is 7. The first kappa shape index (κ1) is 24.9. The average molecular weight is 424 g/mol. The Morgan fingerprint density at radius 3 is 2.17 bits per heavy atom. The lowest BCUT2D eigenvalue weighted by atomic mass is 9.88. The van der Waals surface area contributed by atoms with Gasteiger partial charge in [0.25, 0.3) is 0 Å². The second-order valence-corrected chi connectivity index (χ2v) is 7.96. The number of hydrogen-bond acceptors (Lipinski definition) is 10. The summed E-state index contributed by atoms with van der Waals surface area (Å²) >= 11 is 0. The minimum absolute atomic E-state index is 0.103. The maximum absolute atomic E-state index is 10.7. The molecule has 29 heavy (non-hydrogen) atoms. The zero-order valence-electron chi connectivity index (χ0n) is 16.8. The molecular weight excluding hydrogens is 388 g/mol. The molecule has 0 aromatic rings. The molecule has 2 aliphatic heterocycles. The summed E-state index contributed by atoms with van der Waals surface area (Å²) in [5.74, 6) is -1.87. The van der Waals surface area contributed by atoms with Crippen molar-refractivity contribution in [2.75, 3.05) is 13.2 Å². The van der Waals surface area contributed by atoms with Gasteiger partial charge in [-0.15, -0.1) is 0 Å². The van der Waals surface area contributed by atoms with E-state index in [1.54, 1.807) is 0 Å². The maximum atomic E-state index is 10.7. The highest BCUT2D eigenvalue weighted by Gasteiger charge is 2.56. The number of unbranched alkanes of at least 4 members (excludes halogenated alkanes) is 5. The molecule has 0 aliphatic carbocycles. The third-order valence-electron chi connectivity index (χ3n) is 5.68. The average Bonchev–Trinajstić information content (AvgIpc) is 2.72. The van der Waals surface area contributed by atoms with Gasteiger partial charge in [-0.25, -0.2) is 0 Å². The van der Waals surface area contributed by atoms with Crippen LogP contribution in [0.3, 0.4) is 0 Å². The molecule has 7 N–H and O–H groups in total. The second-order valence-electron chi connectivity index (χ2n) is 7.96. The fourth-order valence-corrected chi connectivity index (χ4v) is 3.80. The van der Waals surface area contributed by atoms with Crippen LogP contribution in [0.15, 0.2) is 0 Å². The number of aliphatic hydroxyl groups is 7. The Balaban J connectivity index is 2.14. The van der Waals surface area contributed by atoms with Crippen LogP contribution in [0.2, 0.25) is 0 Å². The van der Waals surface area contributed by atoms with Crippen LogP contribution in [0.5, 0.6) is 0 Å². The van der Waals surface area contributed by atoms with Gasteiger partial charge in [0.2, 0.25) is 5.79 Å². The number of hydrogen-bond donors (Lipinski definition) is 7. The fraction of sp³-hybridized carbons (Fsp3) is 1.00. The first-order valence-electron chi connectivity index (χ1n) is 10.4. The van der Waals surface area contributed by atoms with Crippen LogP contribution in [-0.2, 0) is 14.2 Å². The van der Waals surface area contributed by atoms with Crippen molar-refractivity contribution in [3.05, 3.63) is 0 Å². The van der Waals surface area contributed by atoms with E-state index in [0.29, 0.717) is 6.42 Å². The molecule has 9 atom stereocenters. The van der Waals surface area contributed by atoms with E-state index in [4.69, 9.17) is 14.2 Å². The predicted octanol–water partition coefficient (Wildman–Crippen LogP) is -1.64. The SMILES string of the molecule is CCCCCCCC[C@]1(O[C@H]2OC[C@@H](O)[C@H](O)[C@H]2O)O[C@H](CO)[C@@H](O)[C@H](O)[C@H]1O. The molecule has 0 bridgehead atoms. The van der Waals surface area contributed by atoms with Crippen molar-refractivity contribution < 1.29 is 50.0 Å².